The molecule has 0 radical (unpaired) electrons. The molecule has 1 unspecified atom stereocenters. The molecule has 80 valence electrons. The van der Waals surface area contributed by atoms with Crippen LogP contribution in [0.4, 0.5) is 0 Å². The van der Waals surface area contributed by atoms with E-state index in [9.17, 15) is 9.35 Å². The Morgan fingerprint density at radius 3 is 2.80 bits per heavy atom. The second kappa shape index (κ2) is 4.63. The van der Waals surface area contributed by atoms with Gasteiger partial charge in [0.2, 0.25) is 0 Å². The predicted molar refractivity (Wildman–Crippen MR) is 57.3 cm³/mol. The molecule has 0 spiro atoms. The molecule has 0 bridgehead atoms. The number of carbonyl (C=O) groups is 1. The Hall–Kier alpha value is -1.07. The fourth-order valence-electron chi connectivity index (χ4n) is 1.53. The number of carbonyl (C=O) groups excluding carboxylic acids is 1. The average molecular weight is 224 g/mol. The van der Waals surface area contributed by atoms with Crippen molar-refractivity contribution in [3.63, 3.8) is 0 Å². The summed E-state index contributed by atoms with van der Waals surface area (Å²) in [5.74, 6) is 0.484. The highest BCUT2D eigenvalue weighted by Gasteiger charge is 2.33. The van der Waals surface area contributed by atoms with E-state index in [-0.39, 0.29) is 5.91 Å². The molecule has 0 N–H and O–H groups in total. The van der Waals surface area contributed by atoms with Gasteiger partial charge in [0.25, 0.3) is 5.91 Å². The minimum atomic E-state index is -1.10. The van der Waals surface area contributed by atoms with Gasteiger partial charge in [0.15, 0.2) is 0 Å². The van der Waals surface area contributed by atoms with Crippen molar-refractivity contribution in [2.45, 2.75) is 12.8 Å². The van der Waals surface area contributed by atoms with Gasteiger partial charge in [0, 0.05) is 12.4 Å². The summed E-state index contributed by atoms with van der Waals surface area (Å²) in [4.78, 5) is 15.2. The summed E-state index contributed by atoms with van der Waals surface area (Å²) >= 11 is -1.10. The van der Waals surface area contributed by atoms with Crippen molar-refractivity contribution in [3.05, 3.63) is 30.1 Å². The normalized spacial score (nSPS) is 21.0. The van der Waals surface area contributed by atoms with Crippen LogP contribution in [0.25, 0.3) is 0 Å². The highest BCUT2D eigenvalue weighted by Crippen LogP contribution is 2.15. The molecular formula is C10H12N2O2S. The van der Waals surface area contributed by atoms with Crippen molar-refractivity contribution >= 4 is 17.3 Å². The first-order chi connectivity index (χ1) is 7.27. The van der Waals surface area contributed by atoms with E-state index in [2.05, 4.69) is 4.98 Å². The van der Waals surface area contributed by atoms with Crippen molar-refractivity contribution in [1.82, 2.24) is 9.29 Å². The van der Waals surface area contributed by atoms with Crippen LogP contribution in [0.1, 0.15) is 12.0 Å². The molecular weight excluding hydrogens is 212 g/mol. The number of rotatable bonds is 3. The van der Waals surface area contributed by atoms with Crippen LogP contribution in [0, 0.1) is 0 Å². The minimum Gasteiger partial charge on any atom is -0.593 e. The first kappa shape index (κ1) is 10.4. The highest BCUT2D eigenvalue weighted by molar-refractivity contribution is 7.90. The van der Waals surface area contributed by atoms with Gasteiger partial charge < -0.3 is 4.55 Å². The van der Waals surface area contributed by atoms with E-state index >= 15 is 0 Å². The molecule has 1 amide bonds. The highest BCUT2D eigenvalue weighted by atomic mass is 32.2. The summed E-state index contributed by atoms with van der Waals surface area (Å²) in [6.07, 6.45) is 4.60. The standard InChI is InChI=1S/C10H12N2O2S/c13-10-4-8-15(14)12(10)7-3-9-1-5-11-6-2-9/h1-2,5-6H,3-4,7-8H2. The fraction of sp³-hybridized carbons (Fsp3) is 0.400. The van der Waals surface area contributed by atoms with Crippen LogP contribution in [-0.2, 0) is 22.6 Å². The quantitative estimate of drug-likeness (QED) is 0.703. The van der Waals surface area contributed by atoms with Crippen LogP contribution in [0.15, 0.2) is 24.5 Å². The van der Waals surface area contributed by atoms with Crippen LogP contribution < -0.4 is 0 Å². The Bertz CT molecular complexity index is 345. The Balaban J connectivity index is 1.91. The van der Waals surface area contributed by atoms with Crippen LogP contribution in [-0.4, -0.2) is 32.0 Å². The Morgan fingerprint density at radius 1 is 1.47 bits per heavy atom. The zero-order valence-corrected chi connectivity index (χ0v) is 9.07. The van der Waals surface area contributed by atoms with Crippen molar-refractivity contribution in [2.24, 2.45) is 0 Å². The summed E-state index contributed by atoms with van der Waals surface area (Å²) in [6.45, 7) is 0.537. The molecule has 1 aliphatic rings. The van der Waals surface area contributed by atoms with Crippen molar-refractivity contribution in [2.75, 3.05) is 12.3 Å². The van der Waals surface area contributed by atoms with Gasteiger partial charge in [0.05, 0.1) is 24.3 Å². The molecule has 1 saturated heterocycles. The number of hydrogen-bond donors (Lipinski definition) is 0. The number of amides is 1. The second-order valence-electron chi connectivity index (χ2n) is 3.38. The van der Waals surface area contributed by atoms with Crippen LogP contribution in [0.3, 0.4) is 0 Å². The first-order valence-electron chi connectivity index (χ1n) is 4.85. The third-order valence-corrected chi connectivity index (χ3v) is 3.80. The largest absolute Gasteiger partial charge is 0.593 e. The maximum Gasteiger partial charge on any atom is 0.268 e. The summed E-state index contributed by atoms with van der Waals surface area (Å²) in [6, 6.07) is 3.81. The Labute approximate surface area is 91.6 Å². The third kappa shape index (κ3) is 2.49. The summed E-state index contributed by atoms with van der Waals surface area (Å²) < 4.78 is 12.9. The van der Waals surface area contributed by atoms with E-state index < -0.39 is 11.4 Å². The van der Waals surface area contributed by atoms with Crippen LogP contribution in [0.2, 0.25) is 0 Å². The first-order valence-corrected chi connectivity index (χ1v) is 6.13. The molecule has 1 aliphatic heterocycles. The molecule has 1 aromatic heterocycles. The lowest BCUT2D eigenvalue weighted by Gasteiger charge is -2.16. The fourth-order valence-corrected chi connectivity index (χ4v) is 2.71. The number of pyridine rings is 1. The summed E-state index contributed by atoms with van der Waals surface area (Å²) in [5.41, 5.74) is 1.11. The smallest absolute Gasteiger partial charge is 0.268 e. The minimum absolute atomic E-state index is 0.00221. The number of aromatic nitrogens is 1. The molecule has 0 aliphatic carbocycles. The van der Waals surface area contributed by atoms with Gasteiger partial charge in [-0.25, -0.2) is 0 Å². The van der Waals surface area contributed by atoms with E-state index in [1.54, 1.807) is 12.4 Å². The topological polar surface area (TPSA) is 56.3 Å². The lowest BCUT2D eigenvalue weighted by molar-refractivity contribution is -0.125. The van der Waals surface area contributed by atoms with Gasteiger partial charge >= 0.3 is 0 Å². The monoisotopic (exact) mass is 224 g/mol. The predicted octanol–water partition coefficient (Wildman–Crippen LogP) is 0.520. The van der Waals surface area contributed by atoms with Crippen LogP contribution in [0.5, 0.6) is 0 Å². The van der Waals surface area contributed by atoms with Gasteiger partial charge in [-0.2, -0.15) is 4.31 Å². The van der Waals surface area contributed by atoms with Gasteiger partial charge in [-0.15, -0.1) is 0 Å². The lowest BCUT2D eigenvalue weighted by Crippen LogP contribution is -2.31. The van der Waals surface area contributed by atoms with Crippen molar-refractivity contribution < 1.29 is 9.35 Å². The van der Waals surface area contributed by atoms with E-state index in [4.69, 9.17) is 0 Å². The van der Waals surface area contributed by atoms with E-state index in [0.717, 1.165) is 12.0 Å². The Morgan fingerprint density at radius 2 is 2.20 bits per heavy atom. The molecule has 4 nitrogen and oxygen atoms in total. The molecule has 1 aromatic rings. The third-order valence-electron chi connectivity index (χ3n) is 2.37. The van der Waals surface area contributed by atoms with E-state index in [1.807, 2.05) is 12.1 Å². The maximum absolute atomic E-state index is 11.4. The van der Waals surface area contributed by atoms with Crippen LogP contribution >= 0.6 is 0 Å². The SMILES string of the molecule is O=C1CC[S+]([O-])N1CCc1ccncc1. The summed E-state index contributed by atoms with van der Waals surface area (Å²) in [5, 5.41) is 0. The van der Waals surface area contributed by atoms with E-state index in [1.165, 1.54) is 4.31 Å². The molecule has 5 heteroatoms. The van der Waals surface area contributed by atoms with Crippen molar-refractivity contribution in [1.29, 1.82) is 0 Å². The van der Waals surface area contributed by atoms with Crippen molar-refractivity contribution in [3.8, 4) is 0 Å². The molecule has 1 fully saturated rings. The molecule has 0 saturated carbocycles. The molecule has 1 atom stereocenters. The molecule has 2 rings (SSSR count). The lowest BCUT2D eigenvalue weighted by atomic mass is 10.2. The maximum atomic E-state index is 11.4. The zero-order chi connectivity index (χ0) is 10.7. The number of hydrogen-bond acceptors (Lipinski definition) is 3. The zero-order valence-electron chi connectivity index (χ0n) is 8.26. The number of nitrogens with zero attached hydrogens (tertiary/aromatic N) is 2. The molecule has 2 heterocycles. The van der Waals surface area contributed by atoms with E-state index in [0.29, 0.717) is 18.7 Å². The second-order valence-corrected chi connectivity index (χ2v) is 4.87. The van der Waals surface area contributed by atoms with Gasteiger partial charge in [-0.3, -0.25) is 9.78 Å². The Kier molecular flexibility index (Phi) is 3.23. The molecule has 0 aromatic carbocycles. The summed E-state index contributed by atoms with van der Waals surface area (Å²) in [7, 11) is 0. The van der Waals surface area contributed by atoms with Gasteiger partial charge in [-0.05, 0) is 24.1 Å². The molecule has 15 heavy (non-hydrogen) atoms. The van der Waals surface area contributed by atoms with Gasteiger partial charge in [-0.1, -0.05) is 0 Å². The average Bonchev–Trinajstić information content (AvgIpc) is 2.58. The van der Waals surface area contributed by atoms with Gasteiger partial charge in [0.1, 0.15) is 5.75 Å².